The number of fused-ring (bicyclic) bond motifs is 1. The minimum absolute atomic E-state index is 0.0355. The summed E-state index contributed by atoms with van der Waals surface area (Å²) in [5.41, 5.74) is 1.39. The van der Waals surface area contributed by atoms with Gasteiger partial charge in [-0.2, -0.15) is 0 Å². The predicted molar refractivity (Wildman–Crippen MR) is 103 cm³/mol. The normalized spacial score (nSPS) is 14.7. The Bertz CT molecular complexity index is 1070. The molecule has 1 aliphatic heterocycles. The van der Waals surface area contributed by atoms with E-state index in [2.05, 4.69) is 20.7 Å². The Morgan fingerprint density at radius 1 is 1.37 bits per heavy atom. The van der Waals surface area contributed by atoms with Crippen LogP contribution in [0.2, 0.25) is 0 Å². The second-order valence-corrected chi connectivity index (χ2v) is 9.18. The molecule has 1 saturated heterocycles. The van der Waals surface area contributed by atoms with Crippen molar-refractivity contribution in [3.8, 4) is 11.3 Å². The number of urea groups is 1. The molecule has 0 aliphatic carbocycles. The summed E-state index contributed by atoms with van der Waals surface area (Å²) in [5.74, 6) is 0. The molecule has 4 rings (SSSR count). The maximum absolute atomic E-state index is 11.7. The highest BCUT2D eigenvalue weighted by Crippen LogP contribution is 2.26. The van der Waals surface area contributed by atoms with Crippen LogP contribution in [0, 0.1) is 0 Å². The molecule has 1 aliphatic rings. The lowest BCUT2D eigenvalue weighted by atomic mass is 10.2. The third-order valence-electron chi connectivity index (χ3n) is 4.20. The van der Waals surface area contributed by atoms with Crippen LogP contribution in [0.15, 0.2) is 35.4 Å². The van der Waals surface area contributed by atoms with Crippen molar-refractivity contribution in [2.24, 2.45) is 0 Å². The molecule has 1 aromatic carbocycles. The van der Waals surface area contributed by atoms with Crippen molar-refractivity contribution in [1.82, 2.24) is 24.8 Å². The van der Waals surface area contributed by atoms with Gasteiger partial charge in [0, 0.05) is 38.0 Å². The molecule has 0 bridgehead atoms. The van der Waals surface area contributed by atoms with Crippen LogP contribution in [-0.4, -0.2) is 66.4 Å². The van der Waals surface area contributed by atoms with E-state index in [1.54, 1.807) is 33.8 Å². The number of imidazole rings is 1. The fourth-order valence-corrected chi connectivity index (χ4v) is 4.29. The van der Waals surface area contributed by atoms with Crippen molar-refractivity contribution in [3.63, 3.8) is 0 Å². The maximum Gasteiger partial charge on any atom is 0.317 e. The molecule has 11 heteroatoms. The molecule has 0 unspecified atom stereocenters. The smallest absolute Gasteiger partial charge is 0.317 e. The molecule has 0 spiro atoms. The van der Waals surface area contributed by atoms with Crippen LogP contribution in [0.25, 0.3) is 16.2 Å². The number of amides is 2. The van der Waals surface area contributed by atoms with Crippen molar-refractivity contribution in [2.45, 2.75) is 4.90 Å². The van der Waals surface area contributed by atoms with Crippen LogP contribution in [0.1, 0.15) is 0 Å². The largest absolute Gasteiger partial charge is 0.358 e. The zero-order valence-electron chi connectivity index (χ0n) is 14.5. The van der Waals surface area contributed by atoms with Gasteiger partial charge in [-0.1, -0.05) is 23.5 Å². The van der Waals surface area contributed by atoms with E-state index in [0.29, 0.717) is 35.4 Å². The summed E-state index contributed by atoms with van der Waals surface area (Å²) in [6, 6.07) is 6.67. The van der Waals surface area contributed by atoms with Gasteiger partial charge in [-0.05, 0) is 12.1 Å². The second kappa shape index (κ2) is 6.82. The molecule has 3 heterocycles. The van der Waals surface area contributed by atoms with E-state index in [-0.39, 0.29) is 10.9 Å². The topological polar surface area (TPSA) is 109 Å². The molecular formula is C16H18N6O3S2. The Kier molecular flexibility index (Phi) is 4.48. The number of anilines is 1. The fourth-order valence-electron chi connectivity index (χ4n) is 2.82. The highest BCUT2D eigenvalue weighted by molar-refractivity contribution is 7.90. The number of hydrogen-bond donors (Lipinski definition) is 2. The van der Waals surface area contributed by atoms with Gasteiger partial charge in [0.15, 0.2) is 9.84 Å². The molecule has 142 valence electrons. The van der Waals surface area contributed by atoms with Gasteiger partial charge in [0.1, 0.15) is 0 Å². The average Bonchev–Trinajstić information content (AvgIpc) is 3.29. The summed E-state index contributed by atoms with van der Waals surface area (Å²) in [7, 11) is -3.27. The molecule has 2 amide bonds. The first-order valence-corrected chi connectivity index (χ1v) is 11.0. The Labute approximate surface area is 159 Å². The maximum atomic E-state index is 11.7. The molecule has 27 heavy (non-hydrogen) atoms. The molecule has 0 atom stereocenters. The summed E-state index contributed by atoms with van der Waals surface area (Å²) in [5, 5.41) is 11.1. The summed E-state index contributed by atoms with van der Waals surface area (Å²) in [6.45, 7) is 2.62. The van der Waals surface area contributed by atoms with E-state index >= 15 is 0 Å². The van der Waals surface area contributed by atoms with Gasteiger partial charge in [0.2, 0.25) is 10.1 Å². The number of rotatable bonds is 6. The summed E-state index contributed by atoms with van der Waals surface area (Å²) in [6.07, 6.45) is 2.95. The van der Waals surface area contributed by atoms with E-state index in [4.69, 9.17) is 0 Å². The molecule has 1 fully saturated rings. The van der Waals surface area contributed by atoms with Crippen molar-refractivity contribution in [2.75, 3.05) is 37.8 Å². The highest BCUT2D eigenvalue weighted by atomic mass is 32.2. The number of nitrogens with one attached hydrogen (secondary N) is 2. The number of benzene rings is 1. The van der Waals surface area contributed by atoms with Gasteiger partial charge in [0.25, 0.3) is 0 Å². The summed E-state index contributed by atoms with van der Waals surface area (Å²) in [4.78, 5) is 18.7. The lowest BCUT2D eigenvalue weighted by molar-refractivity contribution is 0.219. The SMILES string of the molecule is CS(=O)(=O)c1cccc(-c2cn3nc(NCCN4CCNC4=O)sc3n2)c1. The lowest BCUT2D eigenvalue weighted by Gasteiger charge is -2.13. The van der Waals surface area contributed by atoms with Crippen molar-refractivity contribution in [1.29, 1.82) is 0 Å². The van der Waals surface area contributed by atoms with E-state index in [9.17, 15) is 13.2 Å². The number of carbonyl (C=O) groups excluding carboxylic acids is 1. The van der Waals surface area contributed by atoms with Crippen molar-refractivity contribution < 1.29 is 13.2 Å². The number of aromatic nitrogens is 3. The minimum Gasteiger partial charge on any atom is -0.358 e. The summed E-state index contributed by atoms with van der Waals surface area (Å²) >= 11 is 1.40. The van der Waals surface area contributed by atoms with Gasteiger partial charge in [-0.15, -0.1) is 5.10 Å². The predicted octanol–water partition coefficient (Wildman–Crippen LogP) is 1.30. The van der Waals surface area contributed by atoms with Crippen LogP contribution < -0.4 is 10.6 Å². The van der Waals surface area contributed by atoms with E-state index < -0.39 is 9.84 Å². The van der Waals surface area contributed by atoms with Gasteiger partial charge in [-0.25, -0.2) is 22.7 Å². The van der Waals surface area contributed by atoms with Gasteiger partial charge in [-0.3, -0.25) is 0 Å². The molecule has 2 aromatic heterocycles. The quantitative estimate of drug-likeness (QED) is 0.639. The molecule has 3 aromatic rings. The van der Waals surface area contributed by atoms with Gasteiger partial charge >= 0.3 is 6.03 Å². The minimum atomic E-state index is -3.27. The first-order chi connectivity index (χ1) is 12.9. The highest BCUT2D eigenvalue weighted by Gasteiger charge is 2.18. The average molecular weight is 406 g/mol. The molecule has 2 N–H and O–H groups in total. The van der Waals surface area contributed by atoms with Crippen LogP contribution in [-0.2, 0) is 9.84 Å². The molecule has 0 saturated carbocycles. The Morgan fingerprint density at radius 3 is 2.93 bits per heavy atom. The zero-order chi connectivity index (χ0) is 19.0. The Morgan fingerprint density at radius 2 is 2.22 bits per heavy atom. The van der Waals surface area contributed by atoms with Crippen LogP contribution in [0.5, 0.6) is 0 Å². The molecule has 9 nitrogen and oxygen atoms in total. The number of sulfone groups is 1. The number of nitrogens with zero attached hydrogens (tertiary/aromatic N) is 4. The molecule has 0 radical (unpaired) electrons. The van der Waals surface area contributed by atoms with Crippen LogP contribution in [0.3, 0.4) is 0 Å². The number of hydrogen-bond acceptors (Lipinski definition) is 7. The second-order valence-electron chi connectivity index (χ2n) is 6.21. The van der Waals surface area contributed by atoms with Crippen LogP contribution >= 0.6 is 11.3 Å². The summed E-state index contributed by atoms with van der Waals surface area (Å²) < 4.78 is 25.1. The third-order valence-corrected chi connectivity index (χ3v) is 6.19. The van der Waals surface area contributed by atoms with Crippen molar-refractivity contribution in [3.05, 3.63) is 30.5 Å². The first-order valence-electron chi connectivity index (χ1n) is 8.33. The van der Waals surface area contributed by atoms with E-state index in [1.165, 1.54) is 17.6 Å². The zero-order valence-corrected chi connectivity index (χ0v) is 16.2. The monoisotopic (exact) mass is 406 g/mol. The molecular weight excluding hydrogens is 388 g/mol. The van der Waals surface area contributed by atoms with Crippen molar-refractivity contribution >= 4 is 37.3 Å². The first kappa shape index (κ1) is 17.7. The lowest BCUT2D eigenvalue weighted by Crippen LogP contribution is -2.32. The fraction of sp³-hybridized carbons (Fsp3) is 0.312. The number of carbonyl (C=O) groups is 1. The standard InChI is InChI=1S/C16H18N6O3S2/c1-27(24,25)12-4-2-3-11(9-12)13-10-22-16(19-13)26-14(20-22)17-5-7-21-8-6-18-15(21)23/h2-4,9-10H,5-8H2,1H3,(H,17,20)(H,18,23). The Hall–Kier alpha value is -2.66. The van der Waals surface area contributed by atoms with E-state index in [1.807, 2.05) is 6.07 Å². The van der Waals surface area contributed by atoms with Gasteiger partial charge in [0.05, 0.1) is 16.8 Å². The Balaban J connectivity index is 1.47. The van der Waals surface area contributed by atoms with E-state index in [0.717, 1.165) is 12.1 Å². The van der Waals surface area contributed by atoms with Crippen LogP contribution in [0.4, 0.5) is 9.93 Å². The third kappa shape index (κ3) is 3.74. The van der Waals surface area contributed by atoms with Gasteiger partial charge < -0.3 is 15.5 Å².